The smallest absolute Gasteiger partial charge is 0.163 e. The van der Waals surface area contributed by atoms with Crippen LogP contribution in [0.1, 0.15) is 0 Å². The van der Waals surface area contributed by atoms with Gasteiger partial charge in [0, 0.05) is 18.0 Å². The lowest BCUT2D eigenvalue weighted by atomic mass is 10.5. The summed E-state index contributed by atoms with van der Waals surface area (Å²) in [4.78, 5) is 4.09. The van der Waals surface area contributed by atoms with Crippen LogP contribution in [0.5, 0.6) is 0 Å². The van der Waals surface area contributed by atoms with Crippen LogP contribution in [0.3, 0.4) is 0 Å². The number of thioether (sulfide) groups is 1. The fourth-order valence-corrected chi connectivity index (χ4v) is 1.84. The van der Waals surface area contributed by atoms with E-state index in [0.717, 1.165) is 17.4 Å². The van der Waals surface area contributed by atoms with Crippen LogP contribution in [0.15, 0.2) is 29.4 Å². The highest BCUT2D eigenvalue weighted by Crippen LogP contribution is 2.26. The highest BCUT2D eigenvalue weighted by Gasteiger charge is 2.09. The van der Waals surface area contributed by atoms with E-state index in [1.807, 2.05) is 29.8 Å². The van der Waals surface area contributed by atoms with Crippen LogP contribution in [-0.2, 0) is 0 Å². The highest BCUT2D eigenvalue weighted by atomic mass is 35.5. The summed E-state index contributed by atoms with van der Waals surface area (Å²) in [7, 11) is 0. The van der Waals surface area contributed by atoms with Crippen molar-refractivity contribution in [2.45, 2.75) is 5.03 Å². The number of imidazole rings is 1. The lowest BCUT2D eigenvalue weighted by molar-refractivity contribution is 1.05. The molecule has 2 aromatic heterocycles. The third-order valence-electron chi connectivity index (χ3n) is 1.59. The van der Waals surface area contributed by atoms with Gasteiger partial charge in [-0.3, -0.25) is 4.40 Å². The second kappa shape index (κ2) is 3.29. The first kappa shape index (κ1) is 8.42. The van der Waals surface area contributed by atoms with Gasteiger partial charge in [0.2, 0.25) is 0 Å². The standard InChI is InChI=1S/C8H4ClN3S/c9-7-8(13-5-10)12-4-2-1-3-6(12)11-7/h1-4H. The van der Waals surface area contributed by atoms with Crippen LogP contribution in [-0.4, -0.2) is 9.38 Å². The van der Waals surface area contributed by atoms with E-state index in [-0.39, 0.29) is 0 Å². The summed E-state index contributed by atoms with van der Waals surface area (Å²) in [6.07, 6.45) is 1.83. The van der Waals surface area contributed by atoms with Crippen molar-refractivity contribution in [3.8, 4) is 5.40 Å². The van der Waals surface area contributed by atoms with Crippen molar-refractivity contribution < 1.29 is 0 Å². The minimum absolute atomic E-state index is 0.373. The fourth-order valence-electron chi connectivity index (χ4n) is 1.08. The molecule has 0 aliphatic rings. The summed E-state index contributed by atoms with van der Waals surface area (Å²) in [6.45, 7) is 0. The maximum atomic E-state index is 8.54. The molecule has 2 heterocycles. The number of nitrogens with zero attached hydrogens (tertiary/aromatic N) is 3. The largest absolute Gasteiger partial charge is 0.293 e. The van der Waals surface area contributed by atoms with Crippen LogP contribution in [0, 0.1) is 10.7 Å². The molecule has 5 heteroatoms. The van der Waals surface area contributed by atoms with Gasteiger partial charge in [0.1, 0.15) is 16.1 Å². The van der Waals surface area contributed by atoms with E-state index in [9.17, 15) is 0 Å². The zero-order valence-electron chi connectivity index (χ0n) is 6.44. The van der Waals surface area contributed by atoms with Gasteiger partial charge in [-0.2, -0.15) is 5.26 Å². The lowest BCUT2D eigenvalue weighted by Gasteiger charge is -1.93. The van der Waals surface area contributed by atoms with Crippen molar-refractivity contribution >= 4 is 29.0 Å². The number of rotatable bonds is 1. The Morgan fingerprint density at radius 2 is 2.38 bits per heavy atom. The zero-order chi connectivity index (χ0) is 9.26. The number of pyridine rings is 1. The van der Waals surface area contributed by atoms with E-state index in [0.29, 0.717) is 10.2 Å². The van der Waals surface area contributed by atoms with Crippen LogP contribution < -0.4 is 0 Å². The van der Waals surface area contributed by atoms with Crippen molar-refractivity contribution in [1.82, 2.24) is 9.38 Å². The van der Waals surface area contributed by atoms with E-state index >= 15 is 0 Å². The van der Waals surface area contributed by atoms with Gasteiger partial charge in [0.05, 0.1) is 0 Å². The lowest BCUT2D eigenvalue weighted by Crippen LogP contribution is -1.83. The number of halogens is 1. The first-order valence-corrected chi connectivity index (χ1v) is 4.71. The molecule has 64 valence electrons. The van der Waals surface area contributed by atoms with Crippen molar-refractivity contribution in [2.24, 2.45) is 0 Å². The fraction of sp³-hybridized carbons (Fsp3) is 0. The molecule has 0 spiro atoms. The molecule has 0 saturated carbocycles. The molecule has 0 radical (unpaired) electrons. The number of hydrogen-bond donors (Lipinski definition) is 0. The van der Waals surface area contributed by atoms with Crippen molar-refractivity contribution in [2.75, 3.05) is 0 Å². The van der Waals surface area contributed by atoms with Crippen molar-refractivity contribution in [1.29, 1.82) is 5.26 Å². The molecule has 0 atom stereocenters. The first-order valence-electron chi connectivity index (χ1n) is 3.51. The van der Waals surface area contributed by atoms with E-state index in [2.05, 4.69) is 4.98 Å². The predicted molar refractivity (Wildman–Crippen MR) is 51.7 cm³/mol. The summed E-state index contributed by atoms with van der Waals surface area (Å²) in [5, 5.41) is 11.5. The van der Waals surface area contributed by atoms with E-state index in [4.69, 9.17) is 16.9 Å². The summed E-state index contributed by atoms with van der Waals surface area (Å²) >= 11 is 6.85. The molecule has 0 bridgehead atoms. The Hall–Kier alpha value is -1.18. The Bertz CT molecular complexity index is 486. The third-order valence-corrected chi connectivity index (χ3v) is 2.64. The molecule has 3 nitrogen and oxygen atoms in total. The molecular formula is C8H4ClN3S. The van der Waals surface area contributed by atoms with Crippen LogP contribution in [0.2, 0.25) is 5.15 Å². The number of thiocyanates is 1. The SMILES string of the molecule is N#CSc1c(Cl)nc2ccccn12. The van der Waals surface area contributed by atoms with Crippen LogP contribution in [0.25, 0.3) is 5.65 Å². The first-order chi connectivity index (χ1) is 6.33. The van der Waals surface area contributed by atoms with Gasteiger partial charge in [-0.1, -0.05) is 17.7 Å². The van der Waals surface area contributed by atoms with Gasteiger partial charge in [-0.05, 0) is 12.1 Å². The molecule has 2 aromatic rings. The second-order valence-corrected chi connectivity index (χ2v) is 3.46. The van der Waals surface area contributed by atoms with Gasteiger partial charge in [-0.15, -0.1) is 0 Å². The Morgan fingerprint density at radius 3 is 3.15 bits per heavy atom. The highest BCUT2D eigenvalue weighted by molar-refractivity contribution is 8.03. The molecule has 0 saturated heterocycles. The van der Waals surface area contributed by atoms with Gasteiger partial charge in [0.15, 0.2) is 5.15 Å². The maximum Gasteiger partial charge on any atom is 0.163 e. The Balaban J connectivity index is 2.73. The van der Waals surface area contributed by atoms with Gasteiger partial charge >= 0.3 is 0 Å². The molecule has 0 aromatic carbocycles. The average molecular weight is 210 g/mol. The molecule has 0 aliphatic carbocycles. The molecule has 0 fully saturated rings. The van der Waals surface area contributed by atoms with Gasteiger partial charge in [-0.25, -0.2) is 4.98 Å². The van der Waals surface area contributed by atoms with Gasteiger partial charge in [0.25, 0.3) is 0 Å². The van der Waals surface area contributed by atoms with Crippen LogP contribution in [0.4, 0.5) is 0 Å². The quantitative estimate of drug-likeness (QED) is 0.536. The maximum absolute atomic E-state index is 8.54. The van der Waals surface area contributed by atoms with Crippen molar-refractivity contribution in [3.63, 3.8) is 0 Å². The van der Waals surface area contributed by atoms with E-state index in [1.165, 1.54) is 0 Å². The second-order valence-electron chi connectivity index (χ2n) is 2.33. The zero-order valence-corrected chi connectivity index (χ0v) is 8.01. The number of aromatic nitrogens is 2. The molecule has 13 heavy (non-hydrogen) atoms. The third kappa shape index (κ3) is 1.37. The minimum atomic E-state index is 0.373. The van der Waals surface area contributed by atoms with Crippen LogP contribution >= 0.6 is 23.4 Å². The predicted octanol–water partition coefficient (Wildman–Crippen LogP) is 2.56. The summed E-state index contributed by atoms with van der Waals surface area (Å²) in [5.74, 6) is 0. The molecule has 0 N–H and O–H groups in total. The number of fused-ring (bicyclic) bond motifs is 1. The molecular weight excluding hydrogens is 206 g/mol. The minimum Gasteiger partial charge on any atom is -0.293 e. The molecule has 0 aliphatic heterocycles. The Kier molecular flexibility index (Phi) is 2.13. The molecule has 0 amide bonds. The van der Waals surface area contributed by atoms with Gasteiger partial charge < -0.3 is 0 Å². The topological polar surface area (TPSA) is 41.1 Å². The van der Waals surface area contributed by atoms with E-state index in [1.54, 1.807) is 4.40 Å². The van der Waals surface area contributed by atoms with E-state index < -0.39 is 0 Å². The molecule has 2 rings (SSSR count). The summed E-state index contributed by atoms with van der Waals surface area (Å²) < 4.78 is 1.79. The normalized spacial score (nSPS) is 10.2. The monoisotopic (exact) mass is 209 g/mol. The average Bonchev–Trinajstić information content (AvgIpc) is 2.44. The van der Waals surface area contributed by atoms with Crippen molar-refractivity contribution in [3.05, 3.63) is 29.5 Å². The Morgan fingerprint density at radius 1 is 1.54 bits per heavy atom. The summed E-state index contributed by atoms with van der Waals surface area (Å²) in [5.41, 5.74) is 0.755. The number of hydrogen-bond acceptors (Lipinski definition) is 3. The number of nitriles is 1. The summed E-state index contributed by atoms with van der Waals surface area (Å²) in [6, 6.07) is 5.58. The Labute approximate surface area is 84.0 Å². The molecule has 0 unspecified atom stereocenters.